The van der Waals surface area contributed by atoms with Gasteiger partial charge in [-0.05, 0) is 30.7 Å². The molecule has 0 spiro atoms. The van der Waals surface area contributed by atoms with Crippen LogP contribution in [0, 0.1) is 10.1 Å². The molecule has 1 fully saturated rings. The van der Waals surface area contributed by atoms with Crippen molar-refractivity contribution in [2.45, 2.75) is 25.3 Å². The number of nitrogens with one attached hydrogen (secondary N) is 1. The van der Waals surface area contributed by atoms with Gasteiger partial charge in [0.15, 0.2) is 5.13 Å². The molecular weight excluding hydrogens is 240 g/mol. The SMILES string of the molecule is CN(CC1CCCCN1)c1ncc([N+](=O)[O-])s1. The molecule has 94 valence electrons. The van der Waals surface area contributed by atoms with E-state index in [-0.39, 0.29) is 5.00 Å². The van der Waals surface area contributed by atoms with Crippen molar-refractivity contribution in [1.29, 1.82) is 0 Å². The highest BCUT2D eigenvalue weighted by atomic mass is 32.1. The van der Waals surface area contributed by atoms with E-state index in [1.165, 1.54) is 19.0 Å². The van der Waals surface area contributed by atoms with Gasteiger partial charge >= 0.3 is 5.00 Å². The maximum Gasteiger partial charge on any atom is 0.345 e. The minimum Gasteiger partial charge on any atom is -0.349 e. The summed E-state index contributed by atoms with van der Waals surface area (Å²) in [7, 11) is 1.93. The van der Waals surface area contributed by atoms with Crippen molar-refractivity contribution in [3.8, 4) is 0 Å². The summed E-state index contributed by atoms with van der Waals surface area (Å²) in [5, 5.41) is 14.8. The van der Waals surface area contributed by atoms with Gasteiger partial charge in [0.25, 0.3) is 0 Å². The van der Waals surface area contributed by atoms with E-state index in [1.54, 1.807) is 0 Å². The number of aromatic nitrogens is 1. The number of anilines is 1. The van der Waals surface area contributed by atoms with Crippen LogP contribution in [0.2, 0.25) is 0 Å². The summed E-state index contributed by atoms with van der Waals surface area (Å²) < 4.78 is 0. The lowest BCUT2D eigenvalue weighted by Crippen LogP contribution is -2.42. The molecule has 1 unspecified atom stereocenters. The summed E-state index contributed by atoms with van der Waals surface area (Å²) in [5.41, 5.74) is 0. The number of hydrogen-bond acceptors (Lipinski definition) is 6. The van der Waals surface area contributed by atoms with Crippen molar-refractivity contribution in [2.75, 3.05) is 25.0 Å². The molecule has 0 aliphatic carbocycles. The Morgan fingerprint density at radius 2 is 2.53 bits per heavy atom. The van der Waals surface area contributed by atoms with E-state index in [4.69, 9.17) is 0 Å². The highest BCUT2D eigenvalue weighted by Crippen LogP contribution is 2.27. The highest BCUT2D eigenvalue weighted by molar-refractivity contribution is 7.18. The van der Waals surface area contributed by atoms with Crippen LogP contribution in [0.3, 0.4) is 0 Å². The minimum absolute atomic E-state index is 0.100. The molecule has 17 heavy (non-hydrogen) atoms. The van der Waals surface area contributed by atoms with Crippen molar-refractivity contribution in [3.05, 3.63) is 16.3 Å². The van der Waals surface area contributed by atoms with Crippen molar-refractivity contribution in [1.82, 2.24) is 10.3 Å². The van der Waals surface area contributed by atoms with Gasteiger partial charge in [-0.3, -0.25) is 10.1 Å². The molecule has 0 amide bonds. The van der Waals surface area contributed by atoms with E-state index in [1.807, 2.05) is 11.9 Å². The molecule has 7 heteroatoms. The second kappa shape index (κ2) is 5.42. The van der Waals surface area contributed by atoms with Crippen molar-refractivity contribution >= 4 is 21.5 Å². The number of nitro groups is 1. The summed E-state index contributed by atoms with van der Waals surface area (Å²) in [5.74, 6) is 0. The van der Waals surface area contributed by atoms with E-state index >= 15 is 0 Å². The van der Waals surface area contributed by atoms with E-state index in [0.717, 1.165) is 30.8 Å². The number of nitrogens with zero attached hydrogens (tertiary/aromatic N) is 3. The molecule has 1 aromatic heterocycles. The molecule has 2 rings (SSSR count). The second-order valence-electron chi connectivity index (χ2n) is 4.27. The summed E-state index contributed by atoms with van der Waals surface area (Å²) in [6, 6.07) is 0.469. The van der Waals surface area contributed by atoms with Crippen LogP contribution in [0.4, 0.5) is 10.1 Å². The predicted octanol–water partition coefficient (Wildman–Crippen LogP) is 1.63. The zero-order valence-electron chi connectivity index (χ0n) is 9.76. The number of rotatable bonds is 4. The molecule has 6 nitrogen and oxygen atoms in total. The first-order valence-corrected chi connectivity index (χ1v) is 6.53. The average molecular weight is 256 g/mol. The second-order valence-corrected chi connectivity index (χ2v) is 5.25. The fourth-order valence-electron chi connectivity index (χ4n) is 2.01. The number of hydrogen-bond donors (Lipinski definition) is 1. The van der Waals surface area contributed by atoms with Crippen LogP contribution in [-0.2, 0) is 0 Å². The fourth-order valence-corrected chi connectivity index (χ4v) is 2.71. The average Bonchev–Trinajstić information content (AvgIpc) is 2.79. The number of likely N-dealkylation sites (N-methyl/N-ethyl adjacent to an activating group) is 1. The van der Waals surface area contributed by atoms with Crippen LogP contribution in [0.15, 0.2) is 6.20 Å². The monoisotopic (exact) mass is 256 g/mol. The lowest BCUT2D eigenvalue weighted by molar-refractivity contribution is -0.380. The van der Waals surface area contributed by atoms with Crippen LogP contribution in [0.25, 0.3) is 0 Å². The van der Waals surface area contributed by atoms with Gasteiger partial charge in [0.2, 0.25) is 0 Å². The Labute approximate surface area is 104 Å². The van der Waals surface area contributed by atoms with Crippen molar-refractivity contribution < 1.29 is 4.92 Å². The minimum atomic E-state index is -0.395. The first kappa shape index (κ1) is 12.3. The van der Waals surface area contributed by atoms with Crippen LogP contribution in [0.5, 0.6) is 0 Å². The van der Waals surface area contributed by atoms with Gasteiger partial charge < -0.3 is 10.2 Å². The van der Waals surface area contributed by atoms with Crippen LogP contribution < -0.4 is 10.2 Å². The molecule has 1 aliphatic heterocycles. The van der Waals surface area contributed by atoms with Gasteiger partial charge in [-0.15, -0.1) is 0 Å². The Morgan fingerprint density at radius 1 is 1.71 bits per heavy atom. The molecule has 1 aliphatic rings. The smallest absolute Gasteiger partial charge is 0.345 e. The van der Waals surface area contributed by atoms with Crippen LogP contribution in [0.1, 0.15) is 19.3 Å². The largest absolute Gasteiger partial charge is 0.349 e. The van der Waals surface area contributed by atoms with Gasteiger partial charge in [-0.25, -0.2) is 4.98 Å². The maximum absolute atomic E-state index is 10.6. The topological polar surface area (TPSA) is 71.3 Å². The van der Waals surface area contributed by atoms with E-state index in [0.29, 0.717) is 11.2 Å². The lowest BCUT2D eigenvalue weighted by Gasteiger charge is -2.27. The normalized spacial score (nSPS) is 20.2. The Hall–Kier alpha value is -1.21. The van der Waals surface area contributed by atoms with Crippen molar-refractivity contribution in [3.63, 3.8) is 0 Å². The molecule has 0 bridgehead atoms. The molecule has 1 atom stereocenters. The Kier molecular flexibility index (Phi) is 3.90. The van der Waals surface area contributed by atoms with Gasteiger partial charge in [0, 0.05) is 19.6 Å². The summed E-state index contributed by atoms with van der Waals surface area (Å²) in [6.45, 7) is 1.92. The standard InChI is InChI=1S/C10H16N4O2S/c1-13(7-8-4-2-3-5-11-8)10-12-6-9(17-10)14(15)16/h6,8,11H,2-5,7H2,1H3. The van der Waals surface area contributed by atoms with E-state index in [9.17, 15) is 10.1 Å². The fraction of sp³-hybridized carbons (Fsp3) is 0.700. The van der Waals surface area contributed by atoms with Crippen molar-refractivity contribution in [2.24, 2.45) is 0 Å². The first-order valence-electron chi connectivity index (χ1n) is 5.71. The van der Waals surface area contributed by atoms with E-state index < -0.39 is 4.92 Å². The third kappa shape index (κ3) is 3.13. The zero-order chi connectivity index (χ0) is 12.3. The zero-order valence-corrected chi connectivity index (χ0v) is 10.6. The van der Waals surface area contributed by atoms with Gasteiger partial charge in [0.05, 0.1) is 4.92 Å². The molecule has 0 radical (unpaired) electrons. The third-order valence-electron chi connectivity index (χ3n) is 2.89. The summed E-state index contributed by atoms with van der Waals surface area (Å²) >= 11 is 1.13. The number of piperidine rings is 1. The molecule has 2 heterocycles. The summed E-state index contributed by atoms with van der Waals surface area (Å²) in [6.07, 6.45) is 4.98. The molecule has 0 saturated carbocycles. The van der Waals surface area contributed by atoms with E-state index in [2.05, 4.69) is 10.3 Å². The number of thiazole rings is 1. The van der Waals surface area contributed by atoms with Gasteiger partial charge in [-0.1, -0.05) is 6.42 Å². The maximum atomic E-state index is 10.6. The molecule has 1 saturated heterocycles. The quantitative estimate of drug-likeness (QED) is 0.655. The third-order valence-corrected chi connectivity index (χ3v) is 3.96. The van der Waals surface area contributed by atoms with Crippen LogP contribution in [-0.4, -0.2) is 36.1 Å². The Balaban J connectivity index is 1.93. The predicted molar refractivity (Wildman–Crippen MR) is 67.7 cm³/mol. The summed E-state index contributed by atoms with van der Waals surface area (Å²) in [4.78, 5) is 16.2. The molecule has 1 aromatic rings. The lowest BCUT2D eigenvalue weighted by atomic mass is 10.1. The first-order chi connectivity index (χ1) is 8.16. The highest BCUT2D eigenvalue weighted by Gasteiger charge is 2.18. The molecular formula is C10H16N4O2S. The van der Waals surface area contributed by atoms with Crippen LogP contribution >= 0.6 is 11.3 Å². The van der Waals surface area contributed by atoms with Gasteiger partial charge in [0.1, 0.15) is 6.20 Å². The Morgan fingerprint density at radius 3 is 3.12 bits per heavy atom. The van der Waals surface area contributed by atoms with Gasteiger partial charge in [-0.2, -0.15) is 0 Å². The molecule has 0 aromatic carbocycles. The Bertz CT molecular complexity index is 389. The molecule has 1 N–H and O–H groups in total.